The van der Waals surface area contributed by atoms with Crippen LogP contribution in [0.2, 0.25) is 0 Å². The fourth-order valence-electron chi connectivity index (χ4n) is 2.18. The van der Waals surface area contributed by atoms with Gasteiger partial charge in [0.2, 0.25) is 0 Å². The molecule has 94 valence electrons. The standard InChI is InChI=1S/C12H24N2O2/c1-4-5-10(2)8-13-11-6-7-14(9-11)12(15)16-3/h10-11,13H,4-9H2,1-3H3. The highest BCUT2D eigenvalue weighted by molar-refractivity contribution is 5.67. The van der Waals surface area contributed by atoms with Crippen molar-refractivity contribution >= 4 is 6.09 Å². The van der Waals surface area contributed by atoms with Crippen LogP contribution < -0.4 is 5.32 Å². The van der Waals surface area contributed by atoms with Crippen molar-refractivity contribution in [2.24, 2.45) is 5.92 Å². The normalized spacial score (nSPS) is 22.2. The van der Waals surface area contributed by atoms with Crippen molar-refractivity contribution in [1.29, 1.82) is 0 Å². The Kier molecular flexibility index (Phi) is 5.60. The van der Waals surface area contributed by atoms with Crippen molar-refractivity contribution in [3.05, 3.63) is 0 Å². The van der Waals surface area contributed by atoms with Crippen LogP contribution in [0, 0.1) is 5.92 Å². The third-order valence-electron chi connectivity index (χ3n) is 3.16. The maximum atomic E-state index is 11.3. The molecule has 0 radical (unpaired) electrons. The predicted molar refractivity (Wildman–Crippen MR) is 64.5 cm³/mol. The number of carbonyl (C=O) groups excluding carboxylic acids is 1. The first-order valence-corrected chi connectivity index (χ1v) is 6.23. The monoisotopic (exact) mass is 228 g/mol. The summed E-state index contributed by atoms with van der Waals surface area (Å²) in [6.07, 6.45) is 3.34. The van der Waals surface area contributed by atoms with Gasteiger partial charge in [0.1, 0.15) is 0 Å². The lowest BCUT2D eigenvalue weighted by atomic mass is 10.1. The van der Waals surface area contributed by atoms with Crippen LogP contribution in [0.3, 0.4) is 0 Å². The lowest BCUT2D eigenvalue weighted by Crippen LogP contribution is -2.37. The molecule has 0 aromatic carbocycles. The molecule has 1 rings (SSSR count). The highest BCUT2D eigenvalue weighted by atomic mass is 16.5. The summed E-state index contributed by atoms with van der Waals surface area (Å²) in [5.41, 5.74) is 0. The van der Waals surface area contributed by atoms with E-state index in [1.165, 1.54) is 20.0 Å². The van der Waals surface area contributed by atoms with Gasteiger partial charge in [0, 0.05) is 19.1 Å². The minimum Gasteiger partial charge on any atom is -0.453 e. The largest absolute Gasteiger partial charge is 0.453 e. The van der Waals surface area contributed by atoms with Gasteiger partial charge in [-0.1, -0.05) is 20.3 Å². The highest BCUT2D eigenvalue weighted by Gasteiger charge is 2.26. The molecule has 0 aromatic rings. The van der Waals surface area contributed by atoms with Gasteiger partial charge in [-0.2, -0.15) is 0 Å². The summed E-state index contributed by atoms with van der Waals surface area (Å²) < 4.78 is 4.71. The number of rotatable bonds is 5. The lowest BCUT2D eigenvalue weighted by Gasteiger charge is -2.17. The van der Waals surface area contributed by atoms with Gasteiger partial charge in [-0.05, 0) is 25.3 Å². The number of amides is 1. The Hall–Kier alpha value is -0.770. The Balaban J connectivity index is 2.19. The number of ether oxygens (including phenoxy) is 1. The number of hydrogen-bond acceptors (Lipinski definition) is 3. The Bertz CT molecular complexity index is 221. The summed E-state index contributed by atoms with van der Waals surface area (Å²) >= 11 is 0. The molecular weight excluding hydrogens is 204 g/mol. The van der Waals surface area contributed by atoms with E-state index in [1.54, 1.807) is 4.90 Å². The Morgan fingerprint density at radius 1 is 1.62 bits per heavy atom. The van der Waals surface area contributed by atoms with Crippen LogP contribution in [0.25, 0.3) is 0 Å². The molecule has 2 unspecified atom stereocenters. The number of nitrogens with one attached hydrogen (secondary N) is 1. The van der Waals surface area contributed by atoms with Crippen LogP contribution in [0.5, 0.6) is 0 Å². The second-order valence-electron chi connectivity index (χ2n) is 4.70. The summed E-state index contributed by atoms with van der Waals surface area (Å²) in [5.74, 6) is 0.720. The molecule has 0 aromatic heterocycles. The summed E-state index contributed by atoms with van der Waals surface area (Å²) in [6.45, 7) is 7.13. The van der Waals surface area contributed by atoms with Gasteiger partial charge in [-0.3, -0.25) is 0 Å². The van der Waals surface area contributed by atoms with E-state index in [1.807, 2.05) is 0 Å². The molecule has 4 heteroatoms. The first-order chi connectivity index (χ1) is 7.67. The summed E-state index contributed by atoms with van der Waals surface area (Å²) in [6, 6.07) is 0.443. The number of carbonyl (C=O) groups is 1. The first-order valence-electron chi connectivity index (χ1n) is 6.23. The fourth-order valence-corrected chi connectivity index (χ4v) is 2.18. The molecule has 1 saturated heterocycles. The van der Waals surface area contributed by atoms with Crippen molar-refractivity contribution in [3.63, 3.8) is 0 Å². The van der Waals surface area contributed by atoms with Crippen LogP contribution in [-0.2, 0) is 4.74 Å². The van der Waals surface area contributed by atoms with Crippen molar-refractivity contribution in [2.75, 3.05) is 26.7 Å². The second-order valence-corrected chi connectivity index (χ2v) is 4.70. The zero-order chi connectivity index (χ0) is 12.0. The van der Waals surface area contributed by atoms with E-state index in [-0.39, 0.29) is 6.09 Å². The van der Waals surface area contributed by atoms with Gasteiger partial charge < -0.3 is 15.0 Å². The van der Waals surface area contributed by atoms with Crippen LogP contribution in [0.15, 0.2) is 0 Å². The average molecular weight is 228 g/mol. The Morgan fingerprint density at radius 3 is 3.00 bits per heavy atom. The van der Waals surface area contributed by atoms with Crippen LogP contribution in [0.4, 0.5) is 4.79 Å². The third kappa shape index (κ3) is 4.00. The highest BCUT2D eigenvalue weighted by Crippen LogP contribution is 2.11. The summed E-state index contributed by atoms with van der Waals surface area (Å²) in [4.78, 5) is 13.0. The molecular formula is C12H24N2O2. The average Bonchev–Trinajstić information content (AvgIpc) is 2.74. The molecule has 4 nitrogen and oxygen atoms in total. The van der Waals surface area contributed by atoms with Gasteiger partial charge in [0.05, 0.1) is 7.11 Å². The van der Waals surface area contributed by atoms with Crippen LogP contribution in [-0.4, -0.2) is 43.8 Å². The molecule has 0 aliphatic carbocycles. The molecule has 1 amide bonds. The predicted octanol–water partition coefficient (Wildman–Crippen LogP) is 1.85. The van der Waals surface area contributed by atoms with E-state index in [0.717, 1.165) is 32.0 Å². The minimum atomic E-state index is -0.203. The molecule has 1 heterocycles. The molecule has 0 bridgehead atoms. The lowest BCUT2D eigenvalue weighted by molar-refractivity contribution is 0.132. The second kappa shape index (κ2) is 6.74. The van der Waals surface area contributed by atoms with Crippen molar-refractivity contribution in [3.8, 4) is 0 Å². The maximum Gasteiger partial charge on any atom is 0.409 e. The summed E-state index contributed by atoms with van der Waals surface area (Å²) in [5, 5.41) is 3.53. The van der Waals surface area contributed by atoms with Gasteiger partial charge in [0.15, 0.2) is 0 Å². The van der Waals surface area contributed by atoms with Crippen molar-refractivity contribution in [2.45, 2.75) is 39.2 Å². The molecule has 1 N–H and O–H groups in total. The van der Waals surface area contributed by atoms with E-state index < -0.39 is 0 Å². The Morgan fingerprint density at radius 2 is 2.38 bits per heavy atom. The maximum absolute atomic E-state index is 11.3. The van der Waals surface area contributed by atoms with Gasteiger partial charge in [-0.15, -0.1) is 0 Å². The molecule has 16 heavy (non-hydrogen) atoms. The van der Waals surface area contributed by atoms with Gasteiger partial charge in [-0.25, -0.2) is 4.79 Å². The summed E-state index contributed by atoms with van der Waals surface area (Å²) in [7, 11) is 1.44. The molecule has 1 aliphatic heterocycles. The quantitative estimate of drug-likeness (QED) is 0.781. The van der Waals surface area contributed by atoms with E-state index in [2.05, 4.69) is 19.2 Å². The minimum absolute atomic E-state index is 0.203. The van der Waals surface area contributed by atoms with E-state index in [4.69, 9.17) is 4.74 Å². The molecule has 2 atom stereocenters. The fraction of sp³-hybridized carbons (Fsp3) is 0.917. The van der Waals surface area contributed by atoms with E-state index >= 15 is 0 Å². The zero-order valence-electron chi connectivity index (χ0n) is 10.7. The van der Waals surface area contributed by atoms with Crippen LogP contribution in [0.1, 0.15) is 33.1 Å². The molecule has 0 saturated carbocycles. The molecule has 1 fully saturated rings. The van der Waals surface area contributed by atoms with Gasteiger partial charge >= 0.3 is 6.09 Å². The first kappa shape index (κ1) is 13.3. The number of methoxy groups -OCH3 is 1. The zero-order valence-corrected chi connectivity index (χ0v) is 10.7. The Labute approximate surface area is 98.3 Å². The van der Waals surface area contributed by atoms with Crippen molar-refractivity contribution in [1.82, 2.24) is 10.2 Å². The topological polar surface area (TPSA) is 41.6 Å². The number of likely N-dealkylation sites (tertiary alicyclic amines) is 1. The van der Waals surface area contributed by atoms with Crippen LogP contribution >= 0.6 is 0 Å². The third-order valence-corrected chi connectivity index (χ3v) is 3.16. The number of nitrogens with zero attached hydrogens (tertiary/aromatic N) is 1. The van der Waals surface area contributed by atoms with Crippen molar-refractivity contribution < 1.29 is 9.53 Å². The van der Waals surface area contributed by atoms with E-state index in [0.29, 0.717) is 6.04 Å². The van der Waals surface area contributed by atoms with E-state index in [9.17, 15) is 4.79 Å². The van der Waals surface area contributed by atoms with Gasteiger partial charge in [0.25, 0.3) is 0 Å². The number of hydrogen-bond donors (Lipinski definition) is 1. The molecule has 1 aliphatic rings. The SMILES string of the molecule is CCCC(C)CNC1CCN(C(=O)OC)C1. The molecule has 0 spiro atoms. The smallest absolute Gasteiger partial charge is 0.409 e.